The van der Waals surface area contributed by atoms with Crippen molar-refractivity contribution in [3.05, 3.63) is 63.4 Å². The number of Topliss-reactive ketones (excluding diaryl/α,β-unsaturated/α-hetero) is 1. The Hall–Kier alpha value is -2.44. The minimum absolute atomic E-state index is 0.101. The summed E-state index contributed by atoms with van der Waals surface area (Å²) in [5.74, 6) is -2.70. The highest BCUT2D eigenvalue weighted by atomic mass is 35.5. The third kappa shape index (κ3) is 4.59. The summed E-state index contributed by atoms with van der Waals surface area (Å²) in [5.41, 5.74) is 0.364. The van der Waals surface area contributed by atoms with Crippen LogP contribution in [-0.4, -0.2) is 23.8 Å². The second kappa shape index (κ2) is 8.29. The van der Waals surface area contributed by atoms with Crippen LogP contribution in [0.2, 0.25) is 10.0 Å². The molecule has 0 heterocycles. The highest BCUT2D eigenvalue weighted by Gasteiger charge is 2.23. The minimum atomic E-state index is -1.21. The number of anilines is 1. The van der Waals surface area contributed by atoms with E-state index in [0.29, 0.717) is 11.3 Å². The van der Waals surface area contributed by atoms with E-state index < -0.39 is 23.8 Å². The van der Waals surface area contributed by atoms with Crippen LogP contribution in [0, 0.1) is 5.82 Å². The molecule has 136 valence electrons. The molecule has 0 saturated carbocycles. The van der Waals surface area contributed by atoms with Gasteiger partial charge in [-0.1, -0.05) is 35.3 Å². The van der Waals surface area contributed by atoms with Crippen LogP contribution in [0.25, 0.3) is 0 Å². The van der Waals surface area contributed by atoms with Gasteiger partial charge in [0.2, 0.25) is 0 Å². The summed E-state index contributed by atoms with van der Waals surface area (Å²) in [6.45, 7) is 2.70. The summed E-state index contributed by atoms with van der Waals surface area (Å²) in [7, 11) is 0. The first-order chi connectivity index (χ1) is 12.2. The Balaban J connectivity index is 2.11. The molecule has 5 nitrogen and oxygen atoms in total. The molecule has 0 aliphatic rings. The van der Waals surface area contributed by atoms with E-state index in [2.05, 4.69) is 5.32 Å². The number of ether oxygens (including phenoxy) is 1. The third-order valence-electron chi connectivity index (χ3n) is 3.45. The summed E-state index contributed by atoms with van der Waals surface area (Å²) in [5, 5.41) is 2.18. The van der Waals surface area contributed by atoms with Gasteiger partial charge in [-0.2, -0.15) is 0 Å². The maximum atomic E-state index is 13.5. The zero-order valence-electron chi connectivity index (χ0n) is 13.8. The zero-order valence-corrected chi connectivity index (χ0v) is 15.3. The molecule has 0 bridgehead atoms. The number of benzene rings is 2. The molecule has 0 aromatic heterocycles. The van der Waals surface area contributed by atoms with Crippen molar-refractivity contribution in [2.45, 2.75) is 20.0 Å². The molecular weight excluding hydrogens is 384 g/mol. The Labute approximate surface area is 159 Å². The predicted octanol–water partition coefficient (Wildman–Crippen LogP) is 4.52. The van der Waals surface area contributed by atoms with E-state index in [4.69, 9.17) is 27.9 Å². The van der Waals surface area contributed by atoms with E-state index in [1.807, 2.05) is 0 Å². The Morgan fingerprint density at radius 1 is 1.08 bits per heavy atom. The predicted molar refractivity (Wildman–Crippen MR) is 96.4 cm³/mol. The van der Waals surface area contributed by atoms with Crippen molar-refractivity contribution < 1.29 is 23.5 Å². The fourth-order valence-electron chi connectivity index (χ4n) is 2.09. The number of esters is 1. The number of halogens is 3. The van der Waals surface area contributed by atoms with Crippen LogP contribution in [0.4, 0.5) is 10.1 Å². The number of hydrogen-bond donors (Lipinski definition) is 1. The standard InChI is InChI=1S/C18H14Cl2FNO4/c1-9(23)11-5-3-4-6-16(11)22-17(24)10(2)26-18(25)12-7-15(21)14(20)8-13(12)19/h3-8,10H,1-2H3,(H,22,24)/t10-/m1/s1. The van der Waals surface area contributed by atoms with Crippen LogP contribution in [0.3, 0.4) is 0 Å². The van der Waals surface area contributed by atoms with Crippen molar-refractivity contribution in [1.29, 1.82) is 0 Å². The van der Waals surface area contributed by atoms with Crippen molar-refractivity contribution in [2.24, 2.45) is 0 Å². The van der Waals surface area contributed by atoms with Gasteiger partial charge in [-0.05, 0) is 38.1 Å². The van der Waals surface area contributed by atoms with E-state index in [1.54, 1.807) is 24.3 Å². The first-order valence-corrected chi connectivity index (χ1v) is 8.22. The molecule has 1 amide bonds. The van der Waals surface area contributed by atoms with E-state index in [9.17, 15) is 18.8 Å². The number of amides is 1. The second-order valence-electron chi connectivity index (χ2n) is 5.38. The van der Waals surface area contributed by atoms with Gasteiger partial charge < -0.3 is 10.1 Å². The lowest BCUT2D eigenvalue weighted by Crippen LogP contribution is -2.30. The number of nitrogens with one attached hydrogen (secondary N) is 1. The lowest BCUT2D eigenvalue weighted by molar-refractivity contribution is -0.123. The van der Waals surface area contributed by atoms with Crippen LogP contribution in [-0.2, 0) is 9.53 Å². The van der Waals surface area contributed by atoms with Crippen molar-refractivity contribution in [1.82, 2.24) is 0 Å². The molecule has 8 heteroatoms. The lowest BCUT2D eigenvalue weighted by Gasteiger charge is -2.15. The normalized spacial score (nSPS) is 11.6. The molecule has 1 N–H and O–H groups in total. The number of rotatable bonds is 5. The SMILES string of the molecule is CC(=O)c1ccccc1NC(=O)[C@@H](C)OC(=O)c1cc(F)c(Cl)cc1Cl. The molecule has 2 aromatic carbocycles. The van der Waals surface area contributed by atoms with Crippen molar-refractivity contribution in [3.8, 4) is 0 Å². The van der Waals surface area contributed by atoms with Gasteiger partial charge in [-0.25, -0.2) is 9.18 Å². The largest absolute Gasteiger partial charge is 0.449 e. The van der Waals surface area contributed by atoms with Crippen LogP contribution in [0.1, 0.15) is 34.6 Å². The quantitative estimate of drug-likeness (QED) is 0.457. The maximum Gasteiger partial charge on any atom is 0.340 e. The highest BCUT2D eigenvalue weighted by Crippen LogP contribution is 2.25. The average molecular weight is 398 g/mol. The minimum Gasteiger partial charge on any atom is -0.449 e. The highest BCUT2D eigenvalue weighted by molar-refractivity contribution is 6.36. The number of para-hydroxylation sites is 1. The number of ketones is 1. The Bertz CT molecular complexity index is 885. The monoisotopic (exact) mass is 397 g/mol. The molecule has 0 radical (unpaired) electrons. The molecule has 2 rings (SSSR count). The molecule has 0 aliphatic carbocycles. The molecule has 0 spiro atoms. The van der Waals surface area contributed by atoms with E-state index >= 15 is 0 Å². The topological polar surface area (TPSA) is 72.5 Å². The summed E-state index contributed by atoms with van der Waals surface area (Å²) in [6, 6.07) is 8.33. The first-order valence-electron chi connectivity index (χ1n) is 7.47. The molecule has 26 heavy (non-hydrogen) atoms. The molecule has 0 aliphatic heterocycles. The molecule has 0 unspecified atom stereocenters. The number of carbonyl (C=O) groups excluding carboxylic acids is 3. The van der Waals surface area contributed by atoms with E-state index in [-0.39, 0.29) is 21.4 Å². The van der Waals surface area contributed by atoms with E-state index in [0.717, 1.165) is 12.1 Å². The van der Waals surface area contributed by atoms with Crippen LogP contribution in [0.5, 0.6) is 0 Å². The van der Waals surface area contributed by atoms with Gasteiger partial charge >= 0.3 is 5.97 Å². The average Bonchev–Trinajstić information content (AvgIpc) is 2.58. The Kier molecular flexibility index (Phi) is 6.34. The van der Waals surface area contributed by atoms with Crippen molar-refractivity contribution in [2.75, 3.05) is 5.32 Å². The van der Waals surface area contributed by atoms with Gasteiger partial charge in [-0.15, -0.1) is 0 Å². The molecule has 2 aromatic rings. The van der Waals surface area contributed by atoms with Gasteiger partial charge in [0.05, 0.1) is 21.3 Å². The van der Waals surface area contributed by atoms with Gasteiger partial charge in [0.15, 0.2) is 11.9 Å². The van der Waals surface area contributed by atoms with Gasteiger partial charge in [0.25, 0.3) is 5.91 Å². The third-order valence-corrected chi connectivity index (χ3v) is 4.05. The number of hydrogen-bond acceptors (Lipinski definition) is 4. The fraction of sp³-hybridized carbons (Fsp3) is 0.167. The Morgan fingerprint density at radius 2 is 1.73 bits per heavy atom. The molecule has 0 saturated heterocycles. The summed E-state index contributed by atoms with van der Waals surface area (Å²) >= 11 is 11.4. The van der Waals surface area contributed by atoms with Crippen LogP contribution >= 0.6 is 23.2 Å². The lowest BCUT2D eigenvalue weighted by atomic mass is 10.1. The first kappa shape index (κ1) is 19.9. The fourth-order valence-corrected chi connectivity index (χ4v) is 2.55. The van der Waals surface area contributed by atoms with Gasteiger partial charge in [-0.3, -0.25) is 9.59 Å². The Morgan fingerprint density at radius 3 is 2.38 bits per heavy atom. The molecule has 1 atom stereocenters. The smallest absolute Gasteiger partial charge is 0.340 e. The maximum absolute atomic E-state index is 13.5. The molecule has 0 fully saturated rings. The van der Waals surface area contributed by atoms with E-state index in [1.165, 1.54) is 13.8 Å². The van der Waals surface area contributed by atoms with Gasteiger partial charge in [0.1, 0.15) is 5.82 Å². The summed E-state index contributed by atoms with van der Waals surface area (Å²) in [6.07, 6.45) is -1.21. The number of carbonyl (C=O) groups is 3. The van der Waals surface area contributed by atoms with Crippen molar-refractivity contribution >= 4 is 46.5 Å². The summed E-state index contributed by atoms with van der Waals surface area (Å²) in [4.78, 5) is 35.9. The summed E-state index contributed by atoms with van der Waals surface area (Å²) < 4.78 is 18.5. The van der Waals surface area contributed by atoms with Crippen molar-refractivity contribution in [3.63, 3.8) is 0 Å². The van der Waals surface area contributed by atoms with Crippen LogP contribution in [0.15, 0.2) is 36.4 Å². The van der Waals surface area contributed by atoms with Crippen LogP contribution < -0.4 is 5.32 Å². The van der Waals surface area contributed by atoms with Gasteiger partial charge in [0, 0.05) is 5.56 Å². The second-order valence-corrected chi connectivity index (χ2v) is 6.20. The molecular formula is C18H14Cl2FNO4. The zero-order chi connectivity index (χ0) is 19.4.